The van der Waals surface area contributed by atoms with Crippen molar-refractivity contribution in [1.82, 2.24) is 9.88 Å². The minimum Gasteiger partial charge on any atom is -0.481 e. The molecule has 1 saturated heterocycles. The number of hydrogen-bond donors (Lipinski definition) is 1. The third kappa shape index (κ3) is 4.50. The van der Waals surface area contributed by atoms with Crippen LogP contribution in [0.4, 0.5) is 4.39 Å². The van der Waals surface area contributed by atoms with Gasteiger partial charge in [-0.2, -0.15) is 10.5 Å². The fourth-order valence-electron chi connectivity index (χ4n) is 6.19. The molecule has 8 heteroatoms. The highest BCUT2D eigenvalue weighted by atomic mass is 19.1. The quantitative estimate of drug-likeness (QED) is 0.516. The van der Waals surface area contributed by atoms with E-state index in [-0.39, 0.29) is 17.5 Å². The Labute approximate surface area is 228 Å². The van der Waals surface area contributed by atoms with Gasteiger partial charge in [-0.1, -0.05) is 42.5 Å². The van der Waals surface area contributed by atoms with Crippen molar-refractivity contribution >= 4 is 0 Å². The molecule has 39 heavy (non-hydrogen) atoms. The van der Waals surface area contributed by atoms with Gasteiger partial charge < -0.3 is 19.5 Å². The molecular weight excluding hydrogens is 495 g/mol. The zero-order chi connectivity index (χ0) is 27.6. The summed E-state index contributed by atoms with van der Waals surface area (Å²) in [5.74, 6) is 0.436. The van der Waals surface area contributed by atoms with E-state index in [2.05, 4.69) is 16.0 Å². The van der Waals surface area contributed by atoms with Gasteiger partial charge in [0.05, 0.1) is 24.3 Å². The summed E-state index contributed by atoms with van der Waals surface area (Å²) in [5, 5.41) is 30.9. The summed E-state index contributed by atoms with van der Waals surface area (Å²) in [6.07, 6.45) is 2.06. The fraction of sp³-hybridized carbons (Fsp3) is 0.387. The Morgan fingerprint density at radius 3 is 2.33 bits per heavy atom. The van der Waals surface area contributed by atoms with Crippen LogP contribution in [0, 0.1) is 22.7 Å². The van der Waals surface area contributed by atoms with Gasteiger partial charge in [0.25, 0.3) is 0 Å². The van der Waals surface area contributed by atoms with E-state index in [0.717, 1.165) is 37.1 Å². The number of methoxy groups -OCH3 is 1. The number of alkyl halides is 1. The molecule has 1 N–H and O–H groups in total. The van der Waals surface area contributed by atoms with Crippen molar-refractivity contribution < 1.29 is 19.0 Å². The molecule has 3 unspecified atom stereocenters. The number of fused-ring (bicyclic) bond motifs is 3. The van der Waals surface area contributed by atoms with E-state index in [9.17, 15) is 20.0 Å². The van der Waals surface area contributed by atoms with Crippen molar-refractivity contribution in [2.45, 2.75) is 49.0 Å². The second-order valence-electron chi connectivity index (χ2n) is 10.4. The van der Waals surface area contributed by atoms with E-state index in [1.807, 2.05) is 55.6 Å². The first-order valence-electron chi connectivity index (χ1n) is 13.2. The molecule has 1 aliphatic carbocycles. The van der Waals surface area contributed by atoms with Gasteiger partial charge in [0.1, 0.15) is 29.3 Å². The molecule has 0 bridgehead atoms. The fourth-order valence-corrected chi connectivity index (χ4v) is 6.19. The van der Waals surface area contributed by atoms with Gasteiger partial charge in [0, 0.05) is 25.1 Å². The first-order chi connectivity index (χ1) is 18.9. The van der Waals surface area contributed by atoms with Crippen LogP contribution in [0.5, 0.6) is 11.6 Å². The van der Waals surface area contributed by atoms with Gasteiger partial charge in [0.15, 0.2) is 5.60 Å². The lowest BCUT2D eigenvalue weighted by Crippen LogP contribution is -2.48. The summed E-state index contributed by atoms with van der Waals surface area (Å²) in [6.45, 7) is 1.86. The third-order valence-electron chi connectivity index (χ3n) is 8.14. The molecule has 0 spiro atoms. The van der Waals surface area contributed by atoms with Gasteiger partial charge >= 0.3 is 0 Å². The smallest absolute Gasteiger partial charge is 0.224 e. The largest absolute Gasteiger partial charge is 0.481 e. The van der Waals surface area contributed by atoms with Crippen molar-refractivity contribution in [3.63, 3.8) is 0 Å². The summed E-state index contributed by atoms with van der Waals surface area (Å²) in [5.41, 5.74) is 0.402. The molecule has 1 saturated carbocycles. The minimum absolute atomic E-state index is 0.158. The number of likely N-dealkylation sites (tertiary alicyclic amines) is 1. The monoisotopic (exact) mass is 526 g/mol. The highest BCUT2D eigenvalue weighted by molar-refractivity contribution is 5.58. The molecule has 2 fully saturated rings. The van der Waals surface area contributed by atoms with Crippen LogP contribution < -0.4 is 9.47 Å². The Kier molecular flexibility index (Phi) is 7.27. The third-order valence-corrected chi connectivity index (χ3v) is 8.14. The normalized spacial score (nSPS) is 25.7. The highest BCUT2D eigenvalue weighted by Crippen LogP contribution is 2.67. The molecule has 200 valence electrons. The van der Waals surface area contributed by atoms with Crippen LogP contribution >= 0.6 is 0 Å². The van der Waals surface area contributed by atoms with Crippen LogP contribution in [-0.2, 0) is 11.2 Å². The van der Waals surface area contributed by atoms with E-state index in [4.69, 9.17) is 9.47 Å². The highest BCUT2D eigenvalue weighted by Gasteiger charge is 2.69. The minimum atomic E-state index is -1.41. The molecule has 7 nitrogen and oxygen atoms in total. The van der Waals surface area contributed by atoms with Crippen molar-refractivity contribution in [2.75, 3.05) is 27.2 Å². The number of benzene rings is 2. The number of aromatic nitrogens is 1. The Balaban J connectivity index is 0.000000332. The van der Waals surface area contributed by atoms with Crippen LogP contribution in [-0.4, -0.2) is 48.4 Å². The van der Waals surface area contributed by atoms with Crippen LogP contribution in [0.15, 0.2) is 60.7 Å². The summed E-state index contributed by atoms with van der Waals surface area (Å²) in [4.78, 5) is 6.43. The number of pyridine rings is 1. The van der Waals surface area contributed by atoms with E-state index < -0.39 is 17.4 Å². The summed E-state index contributed by atoms with van der Waals surface area (Å²) in [7, 11) is 3.50. The molecular formula is C31H31FN4O3. The molecule has 0 radical (unpaired) electrons. The van der Waals surface area contributed by atoms with Crippen LogP contribution in [0.1, 0.15) is 59.5 Å². The van der Waals surface area contributed by atoms with Crippen LogP contribution in [0.2, 0.25) is 0 Å². The van der Waals surface area contributed by atoms with Crippen molar-refractivity contribution in [3.05, 3.63) is 88.6 Å². The van der Waals surface area contributed by atoms with E-state index >= 15 is 0 Å². The second kappa shape index (κ2) is 10.6. The molecule has 3 aromatic rings. The standard InChI is InChI=1S/C25H19N3O3.C6H12FN/c1-30-23-22-21(13-19(15-27)28-23)31-25(18-9-7-16(14-26)8-10-18)20(11-12-24(22,25)29)17-5-3-2-4-6-17;1-8-4-2-6(7)3-5-8/h2-10,13,20,29H,11-12H2,1H3;6H,2-5H2,1H3. The average Bonchev–Trinajstić information content (AvgIpc) is 3.41. The molecule has 3 atom stereocenters. The van der Waals surface area contributed by atoms with Crippen molar-refractivity contribution in [2.24, 2.45) is 0 Å². The molecule has 3 heterocycles. The maximum Gasteiger partial charge on any atom is 0.224 e. The Bertz CT molecular complexity index is 1400. The van der Waals surface area contributed by atoms with Crippen LogP contribution in [0.25, 0.3) is 0 Å². The SMILES string of the molecule is CN1CCC(F)CC1.COc1nc(C#N)cc2c1C1(O)CCC(c3ccccc3)C1(c1ccc(C#N)cc1)O2. The van der Waals surface area contributed by atoms with Gasteiger partial charge in [-0.25, -0.2) is 9.37 Å². The zero-order valence-corrected chi connectivity index (χ0v) is 22.1. The number of halogens is 1. The maximum atomic E-state index is 12.3. The van der Waals surface area contributed by atoms with Gasteiger partial charge in [0.2, 0.25) is 5.88 Å². The summed E-state index contributed by atoms with van der Waals surface area (Å²) < 4.78 is 24.4. The number of piperidine rings is 1. The lowest BCUT2D eigenvalue weighted by atomic mass is 9.72. The Morgan fingerprint density at radius 2 is 1.74 bits per heavy atom. The maximum absolute atomic E-state index is 12.3. The molecule has 2 aliphatic heterocycles. The Morgan fingerprint density at radius 1 is 1.05 bits per heavy atom. The molecule has 2 aromatic carbocycles. The number of rotatable bonds is 3. The summed E-state index contributed by atoms with van der Waals surface area (Å²) in [6, 6.07) is 22.8. The Hall–Kier alpha value is -3.98. The van der Waals surface area contributed by atoms with Gasteiger partial charge in [-0.3, -0.25) is 0 Å². The predicted molar refractivity (Wildman–Crippen MR) is 143 cm³/mol. The first kappa shape index (κ1) is 26.6. The van der Waals surface area contributed by atoms with Gasteiger partial charge in [-0.05, 0) is 56.0 Å². The zero-order valence-electron chi connectivity index (χ0n) is 22.1. The molecule has 1 aromatic heterocycles. The number of aliphatic hydroxyl groups is 1. The predicted octanol–water partition coefficient (Wildman–Crippen LogP) is 4.94. The number of ether oxygens (including phenoxy) is 2. The van der Waals surface area contributed by atoms with E-state index in [1.54, 1.807) is 18.2 Å². The summed E-state index contributed by atoms with van der Waals surface area (Å²) >= 11 is 0. The second-order valence-corrected chi connectivity index (χ2v) is 10.4. The van der Waals surface area contributed by atoms with Gasteiger partial charge in [-0.15, -0.1) is 0 Å². The first-order valence-corrected chi connectivity index (χ1v) is 13.2. The van der Waals surface area contributed by atoms with Crippen LogP contribution in [0.3, 0.4) is 0 Å². The molecule has 0 amide bonds. The van der Waals surface area contributed by atoms with Crippen molar-refractivity contribution in [1.29, 1.82) is 10.5 Å². The number of nitrogens with zero attached hydrogens (tertiary/aromatic N) is 4. The number of hydrogen-bond acceptors (Lipinski definition) is 7. The lowest BCUT2D eigenvalue weighted by molar-refractivity contribution is -0.106. The number of nitriles is 2. The topological polar surface area (TPSA) is 102 Å². The lowest BCUT2D eigenvalue weighted by Gasteiger charge is -2.40. The van der Waals surface area contributed by atoms with Crippen molar-refractivity contribution in [3.8, 4) is 23.8 Å². The average molecular weight is 527 g/mol. The molecule has 3 aliphatic rings. The van der Waals surface area contributed by atoms with E-state index in [0.29, 0.717) is 29.7 Å². The van der Waals surface area contributed by atoms with E-state index in [1.165, 1.54) is 7.11 Å². The molecule has 6 rings (SSSR count).